The Hall–Kier alpha value is -2.94. The first-order chi connectivity index (χ1) is 14.5. The standard InChI is InChI=1S/C20H17Cl2FN6O/c21-15-5-4-13(8-16(15)22)26-19-17(23)11-24-20(28-19)27-14-3-2-12-10-25-29(6-1-7-30)18(12)9-14/h2-5,8-11,30H,1,6-7H2,(H2,24,26,27,28). The second-order valence-corrected chi connectivity index (χ2v) is 7.30. The molecule has 0 aliphatic heterocycles. The minimum Gasteiger partial charge on any atom is -0.396 e. The number of benzene rings is 2. The van der Waals surface area contributed by atoms with Crippen molar-refractivity contribution < 1.29 is 9.50 Å². The van der Waals surface area contributed by atoms with Crippen molar-refractivity contribution in [2.45, 2.75) is 13.0 Å². The topological polar surface area (TPSA) is 87.9 Å². The lowest BCUT2D eigenvalue weighted by Gasteiger charge is -2.10. The predicted octanol–water partition coefficient (Wildman–Crippen LogP) is 5.14. The van der Waals surface area contributed by atoms with Crippen LogP contribution in [0.1, 0.15) is 6.42 Å². The average molecular weight is 447 g/mol. The normalized spacial score (nSPS) is 11.1. The Labute approximate surface area is 181 Å². The second kappa shape index (κ2) is 8.83. The molecule has 0 saturated carbocycles. The van der Waals surface area contributed by atoms with Crippen LogP contribution in [0.2, 0.25) is 10.0 Å². The molecule has 0 radical (unpaired) electrons. The van der Waals surface area contributed by atoms with Gasteiger partial charge in [-0.15, -0.1) is 0 Å². The number of halogens is 3. The van der Waals surface area contributed by atoms with Gasteiger partial charge in [0.2, 0.25) is 5.95 Å². The van der Waals surface area contributed by atoms with E-state index in [1.165, 1.54) is 0 Å². The molecule has 0 saturated heterocycles. The summed E-state index contributed by atoms with van der Waals surface area (Å²) in [5, 5.41) is 21.1. The van der Waals surface area contributed by atoms with E-state index in [1.807, 2.05) is 22.9 Å². The fourth-order valence-electron chi connectivity index (χ4n) is 2.90. The van der Waals surface area contributed by atoms with Gasteiger partial charge in [0.25, 0.3) is 0 Å². The molecule has 0 unspecified atom stereocenters. The smallest absolute Gasteiger partial charge is 0.229 e. The van der Waals surface area contributed by atoms with E-state index in [1.54, 1.807) is 24.4 Å². The van der Waals surface area contributed by atoms with Crippen LogP contribution in [0.5, 0.6) is 0 Å². The molecule has 30 heavy (non-hydrogen) atoms. The van der Waals surface area contributed by atoms with Crippen LogP contribution in [0.25, 0.3) is 10.9 Å². The number of nitrogens with one attached hydrogen (secondary N) is 2. The number of nitrogens with zero attached hydrogens (tertiary/aromatic N) is 4. The fourth-order valence-corrected chi connectivity index (χ4v) is 3.20. The zero-order valence-electron chi connectivity index (χ0n) is 15.6. The molecule has 0 bridgehead atoms. The Morgan fingerprint density at radius 1 is 1.00 bits per heavy atom. The Bertz CT molecular complexity index is 1200. The summed E-state index contributed by atoms with van der Waals surface area (Å²) in [4.78, 5) is 8.22. The van der Waals surface area contributed by atoms with E-state index in [-0.39, 0.29) is 18.4 Å². The molecule has 2 heterocycles. The van der Waals surface area contributed by atoms with Crippen molar-refractivity contribution >= 4 is 57.2 Å². The molecule has 154 valence electrons. The maximum absolute atomic E-state index is 14.2. The van der Waals surface area contributed by atoms with Gasteiger partial charge in [-0.25, -0.2) is 9.37 Å². The van der Waals surface area contributed by atoms with Crippen molar-refractivity contribution in [1.29, 1.82) is 0 Å². The maximum atomic E-state index is 14.2. The molecule has 4 rings (SSSR count). The van der Waals surface area contributed by atoms with E-state index in [0.717, 1.165) is 22.8 Å². The highest BCUT2D eigenvalue weighted by molar-refractivity contribution is 6.42. The quantitative estimate of drug-likeness (QED) is 0.364. The van der Waals surface area contributed by atoms with Crippen molar-refractivity contribution in [3.63, 3.8) is 0 Å². The van der Waals surface area contributed by atoms with Crippen molar-refractivity contribution in [3.8, 4) is 0 Å². The van der Waals surface area contributed by atoms with Crippen molar-refractivity contribution in [1.82, 2.24) is 19.7 Å². The molecule has 3 N–H and O–H groups in total. The maximum Gasteiger partial charge on any atom is 0.229 e. The second-order valence-electron chi connectivity index (χ2n) is 6.49. The van der Waals surface area contributed by atoms with Crippen LogP contribution in [-0.2, 0) is 6.54 Å². The summed E-state index contributed by atoms with van der Waals surface area (Å²) in [7, 11) is 0. The number of anilines is 4. The zero-order valence-corrected chi connectivity index (χ0v) is 17.1. The molecule has 2 aromatic heterocycles. The van der Waals surface area contributed by atoms with Crippen molar-refractivity contribution in [3.05, 3.63) is 64.7 Å². The van der Waals surface area contributed by atoms with Crippen LogP contribution in [0, 0.1) is 5.82 Å². The van der Waals surface area contributed by atoms with Crippen molar-refractivity contribution in [2.75, 3.05) is 17.2 Å². The van der Waals surface area contributed by atoms with Gasteiger partial charge in [0.05, 0.1) is 28.0 Å². The molecule has 2 aromatic carbocycles. The summed E-state index contributed by atoms with van der Waals surface area (Å²) in [5.41, 5.74) is 2.17. The minimum absolute atomic E-state index is 0.0000419. The van der Waals surface area contributed by atoms with Crippen LogP contribution >= 0.6 is 23.2 Å². The number of aryl methyl sites for hydroxylation is 1. The van der Waals surface area contributed by atoms with Gasteiger partial charge in [-0.1, -0.05) is 23.2 Å². The molecular formula is C20H17Cl2FN6O. The van der Waals surface area contributed by atoms with E-state index in [9.17, 15) is 4.39 Å². The number of rotatable bonds is 7. The highest BCUT2D eigenvalue weighted by Gasteiger charge is 2.10. The first-order valence-electron chi connectivity index (χ1n) is 9.11. The van der Waals surface area contributed by atoms with Gasteiger partial charge in [-0.05, 0) is 42.8 Å². The highest BCUT2D eigenvalue weighted by atomic mass is 35.5. The Morgan fingerprint density at radius 3 is 2.60 bits per heavy atom. The van der Waals surface area contributed by atoms with Gasteiger partial charge in [-0.2, -0.15) is 10.1 Å². The van der Waals surface area contributed by atoms with Gasteiger partial charge < -0.3 is 15.7 Å². The molecule has 0 spiro atoms. The third kappa shape index (κ3) is 4.46. The van der Waals surface area contributed by atoms with E-state index in [0.29, 0.717) is 28.7 Å². The van der Waals surface area contributed by atoms with Gasteiger partial charge in [0, 0.05) is 29.9 Å². The molecule has 7 nitrogen and oxygen atoms in total. The molecule has 0 aliphatic carbocycles. The Kier molecular flexibility index (Phi) is 5.98. The number of hydrogen-bond donors (Lipinski definition) is 3. The number of aliphatic hydroxyl groups excluding tert-OH is 1. The van der Waals surface area contributed by atoms with Crippen molar-refractivity contribution in [2.24, 2.45) is 0 Å². The van der Waals surface area contributed by atoms with Crippen LogP contribution < -0.4 is 10.6 Å². The molecule has 0 fully saturated rings. The predicted molar refractivity (Wildman–Crippen MR) is 116 cm³/mol. The lowest BCUT2D eigenvalue weighted by Crippen LogP contribution is -2.04. The largest absolute Gasteiger partial charge is 0.396 e. The molecule has 10 heteroatoms. The number of fused-ring (bicyclic) bond motifs is 1. The molecule has 0 aliphatic rings. The van der Waals surface area contributed by atoms with Crippen LogP contribution in [0.15, 0.2) is 48.8 Å². The minimum atomic E-state index is -0.607. The Balaban J connectivity index is 1.57. The molecular weight excluding hydrogens is 430 g/mol. The summed E-state index contributed by atoms with van der Waals surface area (Å²) in [6.45, 7) is 0.700. The highest BCUT2D eigenvalue weighted by Crippen LogP contribution is 2.28. The zero-order chi connectivity index (χ0) is 21.1. The van der Waals surface area contributed by atoms with Crippen LogP contribution in [0.4, 0.5) is 27.5 Å². The lowest BCUT2D eigenvalue weighted by atomic mass is 10.2. The first kappa shape index (κ1) is 20.3. The first-order valence-corrected chi connectivity index (χ1v) is 9.87. The van der Waals surface area contributed by atoms with E-state index < -0.39 is 5.82 Å². The summed E-state index contributed by atoms with van der Waals surface area (Å²) >= 11 is 11.9. The van der Waals surface area contributed by atoms with E-state index in [2.05, 4.69) is 25.7 Å². The lowest BCUT2D eigenvalue weighted by molar-refractivity contribution is 0.278. The van der Waals surface area contributed by atoms with Gasteiger partial charge >= 0.3 is 0 Å². The third-order valence-corrected chi connectivity index (χ3v) is 5.09. The molecule has 0 amide bonds. The van der Waals surface area contributed by atoms with Crippen LogP contribution in [-0.4, -0.2) is 31.5 Å². The average Bonchev–Trinajstić information content (AvgIpc) is 3.14. The van der Waals surface area contributed by atoms with Gasteiger partial charge in [-0.3, -0.25) is 4.68 Å². The van der Waals surface area contributed by atoms with Gasteiger partial charge in [0.15, 0.2) is 11.6 Å². The summed E-state index contributed by atoms with van der Waals surface area (Å²) < 4.78 is 16.0. The van der Waals surface area contributed by atoms with Gasteiger partial charge in [0.1, 0.15) is 0 Å². The van der Waals surface area contributed by atoms with Crippen LogP contribution in [0.3, 0.4) is 0 Å². The fraction of sp³-hybridized carbons (Fsp3) is 0.150. The van der Waals surface area contributed by atoms with E-state index in [4.69, 9.17) is 28.3 Å². The molecule has 4 aromatic rings. The summed E-state index contributed by atoms with van der Waals surface area (Å²) in [6, 6.07) is 10.5. The monoisotopic (exact) mass is 446 g/mol. The summed E-state index contributed by atoms with van der Waals surface area (Å²) in [5.74, 6) is -0.385. The molecule has 0 atom stereocenters. The SMILES string of the molecule is OCCCn1ncc2ccc(Nc3ncc(F)c(Nc4ccc(Cl)c(Cl)c4)n3)cc21. The summed E-state index contributed by atoms with van der Waals surface area (Å²) in [6.07, 6.45) is 3.46. The number of aliphatic hydroxyl groups is 1. The number of aromatic nitrogens is 4. The number of hydrogen-bond acceptors (Lipinski definition) is 6. The Morgan fingerprint density at radius 2 is 1.80 bits per heavy atom. The van der Waals surface area contributed by atoms with E-state index >= 15 is 0 Å². The third-order valence-electron chi connectivity index (χ3n) is 4.36.